The molecule has 0 radical (unpaired) electrons. The molecular formula is C15H22N2O2. The van der Waals surface area contributed by atoms with Crippen LogP contribution in [0.4, 0.5) is 5.69 Å². The lowest BCUT2D eigenvalue weighted by Crippen LogP contribution is -2.47. The summed E-state index contributed by atoms with van der Waals surface area (Å²) in [7, 11) is 2.14. The van der Waals surface area contributed by atoms with E-state index >= 15 is 0 Å². The Morgan fingerprint density at radius 1 is 1.37 bits per heavy atom. The molecule has 1 unspecified atom stereocenters. The molecule has 3 rings (SSSR count). The summed E-state index contributed by atoms with van der Waals surface area (Å²) in [6.07, 6.45) is 2.25. The van der Waals surface area contributed by atoms with Crippen LogP contribution in [0.25, 0.3) is 0 Å². The second-order valence-electron chi connectivity index (χ2n) is 5.35. The molecule has 0 bridgehead atoms. The highest BCUT2D eigenvalue weighted by molar-refractivity contribution is 5.53. The lowest BCUT2D eigenvalue weighted by molar-refractivity contribution is 0.0791. The van der Waals surface area contributed by atoms with Gasteiger partial charge in [-0.15, -0.1) is 0 Å². The average molecular weight is 262 g/mol. The molecule has 1 atom stereocenters. The number of hydrogen-bond donors (Lipinski definition) is 1. The van der Waals surface area contributed by atoms with Gasteiger partial charge in [0.25, 0.3) is 0 Å². The third-order valence-electron chi connectivity index (χ3n) is 3.83. The van der Waals surface area contributed by atoms with E-state index in [1.54, 1.807) is 0 Å². The van der Waals surface area contributed by atoms with Crippen LogP contribution in [0.15, 0.2) is 18.2 Å². The van der Waals surface area contributed by atoms with Gasteiger partial charge >= 0.3 is 0 Å². The number of ether oxygens (including phenoxy) is 2. The Morgan fingerprint density at radius 3 is 3.16 bits per heavy atom. The third-order valence-corrected chi connectivity index (χ3v) is 3.83. The highest BCUT2D eigenvalue weighted by Gasteiger charge is 2.17. The van der Waals surface area contributed by atoms with Gasteiger partial charge in [0, 0.05) is 31.9 Å². The zero-order valence-electron chi connectivity index (χ0n) is 11.5. The zero-order valence-corrected chi connectivity index (χ0v) is 11.5. The maximum absolute atomic E-state index is 5.66. The van der Waals surface area contributed by atoms with E-state index in [2.05, 4.69) is 35.5 Å². The summed E-state index contributed by atoms with van der Waals surface area (Å²) in [6, 6.07) is 6.93. The van der Waals surface area contributed by atoms with E-state index in [0.717, 1.165) is 51.5 Å². The van der Waals surface area contributed by atoms with Crippen molar-refractivity contribution < 1.29 is 9.47 Å². The quantitative estimate of drug-likeness (QED) is 0.893. The van der Waals surface area contributed by atoms with Crippen LogP contribution in [0.5, 0.6) is 5.75 Å². The molecular weight excluding hydrogens is 240 g/mol. The van der Waals surface area contributed by atoms with Gasteiger partial charge in [-0.3, -0.25) is 0 Å². The fraction of sp³-hybridized carbons (Fsp3) is 0.600. The zero-order chi connectivity index (χ0) is 13.1. The minimum absolute atomic E-state index is 0.422. The van der Waals surface area contributed by atoms with Gasteiger partial charge in [0.1, 0.15) is 5.75 Å². The molecule has 1 aromatic rings. The standard InChI is InChI=1S/C15H22N2O2/c1-17(10-13-11-18-8-6-16-13)14-4-5-15-12(9-14)3-2-7-19-15/h4-5,9,13,16H,2-3,6-8,10-11H2,1H3. The van der Waals surface area contributed by atoms with Gasteiger partial charge in [0.05, 0.1) is 19.8 Å². The molecule has 2 heterocycles. The lowest BCUT2D eigenvalue weighted by atomic mass is 10.1. The molecule has 1 aromatic carbocycles. The first-order chi connectivity index (χ1) is 9.33. The van der Waals surface area contributed by atoms with Crippen molar-refractivity contribution in [1.29, 1.82) is 0 Å². The van der Waals surface area contributed by atoms with Crippen molar-refractivity contribution in [3.63, 3.8) is 0 Å². The van der Waals surface area contributed by atoms with Gasteiger partial charge in [-0.25, -0.2) is 0 Å². The molecule has 4 nitrogen and oxygen atoms in total. The number of aryl methyl sites for hydroxylation is 1. The van der Waals surface area contributed by atoms with Gasteiger partial charge in [0.2, 0.25) is 0 Å². The summed E-state index contributed by atoms with van der Waals surface area (Å²) in [5, 5.41) is 3.49. The van der Waals surface area contributed by atoms with Crippen LogP contribution in [0.3, 0.4) is 0 Å². The average Bonchev–Trinajstić information content (AvgIpc) is 2.48. The van der Waals surface area contributed by atoms with Gasteiger partial charge in [-0.05, 0) is 36.6 Å². The van der Waals surface area contributed by atoms with Crippen molar-refractivity contribution in [2.45, 2.75) is 18.9 Å². The second kappa shape index (κ2) is 5.80. The molecule has 19 heavy (non-hydrogen) atoms. The molecule has 0 spiro atoms. The second-order valence-corrected chi connectivity index (χ2v) is 5.35. The fourth-order valence-electron chi connectivity index (χ4n) is 2.76. The van der Waals surface area contributed by atoms with E-state index in [-0.39, 0.29) is 0 Å². The van der Waals surface area contributed by atoms with Crippen LogP contribution < -0.4 is 15.0 Å². The van der Waals surface area contributed by atoms with Crippen LogP contribution >= 0.6 is 0 Å². The number of hydrogen-bond acceptors (Lipinski definition) is 4. The Bertz CT molecular complexity index is 430. The number of fused-ring (bicyclic) bond motifs is 1. The topological polar surface area (TPSA) is 33.7 Å². The summed E-state index contributed by atoms with van der Waals surface area (Å²) < 4.78 is 11.2. The highest BCUT2D eigenvalue weighted by Crippen LogP contribution is 2.28. The van der Waals surface area contributed by atoms with Crippen molar-refractivity contribution in [3.05, 3.63) is 23.8 Å². The van der Waals surface area contributed by atoms with Gasteiger partial charge in [0.15, 0.2) is 0 Å². The Hall–Kier alpha value is -1.26. The van der Waals surface area contributed by atoms with E-state index in [1.165, 1.54) is 11.3 Å². The smallest absolute Gasteiger partial charge is 0.122 e. The molecule has 2 aliphatic heterocycles. The molecule has 2 aliphatic rings. The summed E-state index contributed by atoms with van der Waals surface area (Å²) in [6.45, 7) is 4.41. The van der Waals surface area contributed by atoms with Crippen LogP contribution in [-0.4, -0.2) is 46.0 Å². The molecule has 0 aliphatic carbocycles. The monoisotopic (exact) mass is 262 g/mol. The van der Waals surface area contributed by atoms with Crippen molar-refractivity contribution >= 4 is 5.69 Å². The molecule has 0 aromatic heterocycles. The van der Waals surface area contributed by atoms with Gasteiger partial charge < -0.3 is 19.7 Å². The van der Waals surface area contributed by atoms with Crippen molar-refractivity contribution in [2.24, 2.45) is 0 Å². The molecule has 1 fully saturated rings. The first-order valence-electron chi connectivity index (χ1n) is 7.11. The number of benzene rings is 1. The molecule has 0 saturated carbocycles. The predicted octanol–water partition coefficient (Wildman–Crippen LogP) is 1.44. The highest BCUT2D eigenvalue weighted by atomic mass is 16.5. The first-order valence-corrected chi connectivity index (χ1v) is 7.11. The maximum Gasteiger partial charge on any atom is 0.122 e. The fourth-order valence-corrected chi connectivity index (χ4v) is 2.76. The number of rotatable bonds is 3. The summed E-state index contributed by atoms with van der Waals surface area (Å²) >= 11 is 0. The van der Waals surface area contributed by atoms with E-state index in [9.17, 15) is 0 Å². The Labute approximate surface area is 114 Å². The van der Waals surface area contributed by atoms with E-state index in [1.807, 2.05) is 0 Å². The Balaban J connectivity index is 1.67. The van der Waals surface area contributed by atoms with Crippen LogP contribution in [0.2, 0.25) is 0 Å². The minimum Gasteiger partial charge on any atom is -0.493 e. The summed E-state index contributed by atoms with van der Waals surface area (Å²) in [5.41, 5.74) is 2.60. The number of anilines is 1. The number of nitrogens with zero attached hydrogens (tertiary/aromatic N) is 1. The van der Waals surface area contributed by atoms with Crippen molar-refractivity contribution in [3.8, 4) is 5.75 Å². The maximum atomic E-state index is 5.66. The number of likely N-dealkylation sites (N-methyl/N-ethyl adjacent to an activating group) is 1. The third kappa shape index (κ3) is 3.01. The van der Waals surface area contributed by atoms with Crippen molar-refractivity contribution in [1.82, 2.24) is 5.32 Å². The minimum atomic E-state index is 0.422. The van der Waals surface area contributed by atoms with E-state index < -0.39 is 0 Å². The van der Waals surface area contributed by atoms with Crippen LogP contribution in [-0.2, 0) is 11.2 Å². The molecule has 0 amide bonds. The number of nitrogens with one attached hydrogen (secondary N) is 1. The Kier molecular flexibility index (Phi) is 3.89. The van der Waals surface area contributed by atoms with Gasteiger partial charge in [-0.2, -0.15) is 0 Å². The van der Waals surface area contributed by atoms with Gasteiger partial charge in [-0.1, -0.05) is 0 Å². The van der Waals surface area contributed by atoms with Crippen LogP contribution in [0.1, 0.15) is 12.0 Å². The normalized spacial score (nSPS) is 22.5. The summed E-state index contributed by atoms with van der Waals surface area (Å²) in [5.74, 6) is 1.06. The predicted molar refractivity (Wildman–Crippen MR) is 76.1 cm³/mol. The van der Waals surface area contributed by atoms with Crippen molar-refractivity contribution in [2.75, 3.05) is 44.9 Å². The molecule has 1 saturated heterocycles. The van der Waals surface area contributed by atoms with E-state index in [4.69, 9.17) is 9.47 Å². The number of morpholine rings is 1. The first kappa shape index (κ1) is 12.8. The SMILES string of the molecule is CN(CC1COCCN1)c1ccc2c(c1)CCCO2. The largest absolute Gasteiger partial charge is 0.493 e. The lowest BCUT2D eigenvalue weighted by Gasteiger charge is -2.30. The molecule has 4 heteroatoms. The Morgan fingerprint density at radius 2 is 2.32 bits per heavy atom. The summed E-state index contributed by atoms with van der Waals surface area (Å²) in [4.78, 5) is 2.29. The van der Waals surface area contributed by atoms with Crippen LogP contribution in [0, 0.1) is 0 Å². The molecule has 1 N–H and O–H groups in total. The van der Waals surface area contributed by atoms with E-state index in [0.29, 0.717) is 6.04 Å². The molecule has 104 valence electrons.